The normalized spacial score (nSPS) is 12.6. The van der Waals surface area contributed by atoms with Gasteiger partial charge in [-0.25, -0.2) is 27.9 Å². The van der Waals surface area contributed by atoms with Crippen molar-refractivity contribution in [3.63, 3.8) is 0 Å². The molecule has 0 unspecified atom stereocenters. The van der Waals surface area contributed by atoms with Gasteiger partial charge < -0.3 is 18.6 Å². The molecule has 10 nitrogen and oxygen atoms in total. The maximum Gasteiger partial charge on any atom is 0.338 e. The molecule has 0 spiro atoms. The Labute approximate surface area is 247 Å². The number of hydrogen-bond acceptors (Lipinski definition) is 7. The average molecular weight is 594 g/mol. The number of imidazole rings is 1. The lowest BCUT2D eigenvalue weighted by molar-refractivity contribution is 0.0377. The van der Waals surface area contributed by atoms with Crippen LogP contribution >= 0.6 is 0 Å². The number of aromatic nitrogens is 4. The molecule has 0 aliphatic rings. The van der Waals surface area contributed by atoms with E-state index in [2.05, 4.69) is 17.9 Å². The van der Waals surface area contributed by atoms with Crippen LogP contribution in [0.25, 0.3) is 33.6 Å². The minimum Gasteiger partial charge on any atom is -0.494 e. The van der Waals surface area contributed by atoms with Crippen LogP contribution in [0.3, 0.4) is 0 Å². The summed E-state index contributed by atoms with van der Waals surface area (Å²) in [6, 6.07) is 8.60. The van der Waals surface area contributed by atoms with Crippen molar-refractivity contribution in [3.05, 3.63) is 66.9 Å². The fourth-order valence-corrected chi connectivity index (χ4v) is 6.31. The molecular weight excluding hydrogens is 554 g/mol. The standard InChI is InChI=1S/C31H39N5O5S/c1-8-10-11-12-16-42(38,39)34-21(5)24-14-13-22-18-26(36(15-9-2)29(22)32-24)30-33-25-17-23(31(37)41-20(3)4)19-27(40-7)28(25)35(30)6/h8-9,13-14,17-21,34H,1-2,10-12,15-16H2,3-7H3/t21-/m1/s1. The molecule has 0 fully saturated rings. The highest BCUT2D eigenvalue weighted by atomic mass is 32.2. The molecule has 224 valence electrons. The number of carbonyl (C=O) groups excluding carboxylic acids is 1. The number of unbranched alkanes of at least 4 members (excludes halogenated alkanes) is 2. The third kappa shape index (κ3) is 6.57. The number of rotatable bonds is 14. The summed E-state index contributed by atoms with van der Waals surface area (Å²) in [6.45, 7) is 13.4. The summed E-state index contributed by atoms with van der Waals surface area (Å²) in [6.07, 6.45) is 5.44. The molecule has 1 N–H and O–H groups in total. The second kappa shape index (κ2) is 12.9. The fourth-order valence-electron chi connectivity index (χ4n) is 4.95. The van der Waals surface area contributed by atoms with E-state index in [0.29, 0.717) is 47.0 Å². The molecule has 11 heteroatoms. The molecule has 0 amide bonds. The maximum atomic E-state index is 12.7. The molecule has 0 saturated carbocycles. The lowest BCUT2D eigenvalue weighted by atomic mass is 10.2. The molecule has 3 heterocycles. The summed E-state index contributed by atoms with van der Waals surface area (Å²) in [5.41, 5.74) is 3.74. The van der Waals surface area contributed by atoms with Gasteiger partial charge in [-0.3, -0.25) is 0 Å². The van der Waals surface area contributed by atoms with Gasteiger partial charge in [0.2, 0.25) is 10.0 Å². The summed E-state index contributed by atoms with van der Waals surface area (Å²) < 4.78 is 43.0. The van der Waals surface area contributed by atoms with Gasteiger partial charge >= 0.3 is 5.97 Å². The second-order valence-corrected chi connectivity index (χ2v) is 12.4. The molecule has 0 radical (unpaired) electrons. The van der Waals surface area contributed by atoms with Crippen LogP contribution in [-0.2, 0) is 28.4 Å². The van der Waals surface area contributed by atoms with Crippen LogP contribution in [0.4, 0.5) is 0 Å². The predicted molar refractivity (Wildman–Crippen MR) is 166 cm³/mol. The van der Waals surface area contributed by atoms with Gasteiger partial charge in [0, 0.05) is 19.0 Å². The first-order chi connectivity index (χ1) is 20.0. The summed E-state index contributed by atoms with van der Waals surface area (Å²) in [4.78, 5) is 22.4. The number of pyridine rings is 1. The highest BCUT2D eigenvalue weighted by Crippen LogP contribution is 2.34. The van der Waals surface area contributed by atoms with E-state index in [0.717, 1.165) is 29.4 Å². The Morgan fingerprint density at radius 2 is 1.86 bits per heavy atom. The van der Waals surface area contributed by atoms with Gasteiger partial charge in [-0.05, 0) is 70.4 Å². The number of sulfonamides is 1. The highest BCUT2D eigenvalue weighted by molar-refractivity contribution is 7.89. The van der Waals surface area contributed by atoms with Gasteiger partial charge in [-0.1, -0.05) is 12.2 Å². The molecule has 0 saturated heterocycles. The molecule has 0 bridgehead atoms. The van der Waals surface area contributed by atoms with Crippen LogP contribution in [0.2, 0.25) is 0 Å². The van der Waals surface area contributed by atoms with Crippen molar-refractivity contribution in [2.24, 2.45) is 7.05 Å². The van der Waals surface area contributed by atoms with E-state index in [1.54, 1.807) is 52.2 Å². The Morgan fingerprint density at radius 1 is 1.10 bits per heavy atom. The first-order valence-corrected chi connectivity index (χ1v) is 15.6. The lowest BCUT2D eigenvalue weighted by Gasteiger charge is -2.15. The number of esters is 1. The average Bonchev–Trinajstić information content (AvgIpc) is 3.46. The number of ether oxygens (including phenoxy) is 2. The Bertz CT molecular complexity index is 1740. The number of methoxy groups -OCH3 is 1. The van der Waals surface area contributed by atoms with Crippen molar-refractivity contribution in [1.29, 1.82) is 0 Å². The van der Waals surface area contributed by atoms with Crippen LogP contribution < -0.4 is 9.46 Å². The number of allylic oxidation sites excluding steroid dienone is 2. The summed E-state index contributed by atoms with van der Waals surface area (Å²) in [5.74, 6) is 0.753. The summed E-state index contributed by atoms with van der Waals surface area (Å²) >= 11 is 0. The van der Waals surface area contributed by atoms with E-state index in [9.17, 15) is 13.2 Å². The Hall–Kier alpha value is -3.96. The zero-order valence-corrected chi connectivity index (χ0v) is 25.7. The third-order valence-electron chi connectivity index (χ3n) is 6.91. The lowest BCUT2D eigenvalue weighted by Crippen LogP contribution is -2.29. The fraction of sp³-hybridized carbons (Fsp3) is 0.387. The van der Waals surface area contributed by atoms with E-state index >= 15 is 0 Å². The number of fused-ring (bicyclic) bond motifs is 2. The monoisotopic (exact) mass is 593 g/mol. The molecule has 0 aliphatic heterocycles. The quantitative estimate of drug-likeness (QED) is 0.113. The van der Waals surface area contributed by atoms with Crippen LogP contribution in [0, 0.1) is 0 Å². The van der Waals surface area contributed by atoms with Gasteiger partial charge in [0.05, 0.1) is 47.5 Å². The number of aryl methyl sites for hydroxylation is 1. The minimum atomic E-state index is -3.47. The molecular formula is C31H39N5O5S. The van der Waals surface area contributed by atoms with Crippen LogP contribution in [0.15, 0.2) is 55.6 Å². The number of nitrogens with zero attached hydrogens (tertiary/aromatic N) is 4. The van der Waals surface area contributed by atoms with Crippen molar-refractivity contribution in [2.75, 3.05) is 12.9 Å². The van der Waals surface area contributed by atoms with E-state index in [1.165, 1.54) is 0 Å². The number of carbonyl (C=O) groups is 1. The smallest absolute Gasteiger partial charge is 0.338 e. The van der Waals surface area contributed by atoms with E-state index < -0.39 is 22.0 Å². The van der Waals surface area contributed by atoms with Gasteiger partial charge in [-0.2, -0.15) is 0 Å². The number of hydrogen-bond donors (Lipinski definition) is 1. The van der Waals surface area contributed by atoms with E-state index in [1.807, 2.05) is 34.4 Å². The predicted octanol–water partition coefficient (Wildman–Crippen LogP) is 5.69. The maximum absolute atomic E-state index is 12.7. The molecule has 0 aliphatic carbocycles. The molecule has 1 atom stereocenters. The Kier molecular flexibility index (Phi) is 9.53. The molecule has 3 aromatic heterocycles. The molecule has 1 aromatic carbocycles. The van der Waals surface area contributed by atoms with Gasteiger partial charge in [0.1, 0.15) is 16.9 Å². The minimum absolute atomic E-state index is 0.0531. The van der Waals surface area contributed by atoms with Gasteiger partial charge in [-0.15, -0.1) is 13.2 Å². The van der Waals surface area contributed by atoms with Crippen LogP contribution in [-0.4, -0.2) is 52.5 Å². The molecule has 4 aromatic rings. The topological polar surface area (TPSA) is 117 Å². The van der Waals surface area contributed by atoms with Crippen molar-refractivity contribution in [2.45, 2.75) is 58.7 Å². The molecule has 42 heavy (non-hydrogen) atoms. The van der Waals surface area contributed by atoms with E-state index in [4.69, 9.17) is 19.4 Å². The number of benzene rings is 1. The zero-order chi connectivity index (χ0) is 30.6. The van der Waals surface area contributed by atoms with Crippen molar-refractivity contribution in [1.82, 2.24) is 23.8 Å². The van der Waals surface area contributed by atoms with Crippen molar-refractivity contribution in [3.8, 4) is 17.3 Å². The van der Waals surface area contributed by atoms with Crippen molar-refractivity contribution < 1.29 is 22.7 Å². The van der Waals surface area contributed by atoms with Gasteiger partial charge in [0.25, 0.3) is 0 Å². The molecule has 4 rings (SSSR count). The largest absolute Gasteiger partial charge is 0.494 e. The third-order valence-corrected chi connectivity index (χ3v) is 8.45. The highest BCUT2D eigenvalue weighted by Gasteiger charge is 2.23. The Morgan fingerprint density at radius 3 is 2.52 bits per heavy atom. The first kappa shape index (κ1) is 31.0. The Balaban J connectivity index is 1.75. The van der Waals surface area contributed by atoms with Crippen LogP contribution in [0.1, 0.15) is 62.1 Å². The summed E-state index contributed by atoms with van der Waals surface area (Å²) in [7, 11) is -0.0296. The first-order valence-electron chi connectivity index (χ1n) is 14.0. The summed E-state index contributed by atoms with van der Waals surface area (Å²) in [5, 5.41) is 0.871. The second-order valence-electron chi connectivity index (χ2n) is 10.5. The van der Waals surface area contributed by atoms with Crippen molar-refractivity contribution >= 4 is 38.1 Å². The van der Waals surface area contributed by atoms with Gasteiger partial charge in [0.15, 0.2) is 5.82 Å². The van der Waals surface area contributed by atoms with Crippen LogP contribution in [0.5, 0.6) is 5.75 Å². The van der Waals surface area contributed by atoms with E-state index in [-0.39, 0.29) is 11.9 Å². The zero-order valence-electron chi connectivity index (χ0n) is 24.9. The number of nitrogens with one attached hydrogen (secondary N) is 1. The SMILES string of the molecule is C=CCCCCS(=O)(=O)N[C@H](C)c1ccc2cc(-c3nc4cc(C(=O)OC(C)C)cc(OC)c4n3C)n(CC=C)c2n1.